The van der Waals surface area contributed by atoms with E-state index in [1.807, 2.05) is 0 Å². The van der Waals surface area contributed by atoms with E-state index >= 15 is 0 Å². The van der Waals surface area contributed by atoms with Crippen molar-refractivity contribution in [2.75, 3.05) is 18.0 Å². The van der Waals surface area contributed by atoms with Crippen LogP contribution in [0.2, 0.25) is 0 Å². The Kier molecular flexibility index (Phi) is 5.12. The highest BCUT2D eigenvalue weighted by Gasteiger charge is 2.15. The summed E-state index contributed by atoms with van der Waals surface area (Å²) in [6.45, 7) is 12.4. The first kappa shape index (κ1) is 14.2. The summed E-state index contributed by atoms with van der Waals surface area (Å²) in [5, 5.41) is 0.970. The molecule has 0 saturated heterocycles. The van der Waals surface area contributed by atoms with Gasteiger partial charge in [-0.3, -0.25) is 4.79 Å². The van der Waals surface area contributed by atoms with Crippen molar-refractivity contribution >= 4 is 22.3 Å². The molecular formula is C13H22N2OS. The number of hydrogen-bond donors (Lipinski definition) is 0. The van der Waals surface area contributed by atoms with Gasteiger partial charge in [0.25, 0.3) is 0 Å². The van der Waals surface area contributed by atoms with Gasteiger partial charge < -0.3 is 4.90 Å². The topological polar surface area (TPSA) is 33.2 Å². The standard InChI is InChI=1S/C13H22N2OS/c1-9(2)7-15(8-10(3)4)13-14-6-12(17-13)11(5)16/h6,9-10H,7-8H2,1-5H3. The second-order valence-corrected chi connectivity index (χ2v) is 6.27. The molecule has 1 rings (SSSR count). The second kappa shape index (κ2) is 6.15. The van der Waals surface area contributed by atoms with Crippen molar-refractivity contribution in [1.82, 2.24) is 4.98 Å². The number of carbonyl (C=O) groups excluding carboxylic acids is 1. The lowest BCUT2D eigenvalue weighted by Crippen LogP contribution is -2.31. The average Bonchev–Trinajstić information content (AvgIpc) is 2.63. The Labute approximate surface area is 108 Å². The summed E-state index contributed by atoms with van der Waals surface area (Å²) < 4.78 is 0. The van der Waals surface area contributed by atoms with E-state index in [1.54, 1.807) is 13.1 Å². The van der Waals surface area contributed by atoms with E-state index < -0.39 is 0 Å². The second-order valence-electron chi connectivity index (χ2n) is 5.26. The van der Waals surface area contributed by atoms with Gasteiger partial charge in [0.15, 0.2) is 10.9 Å². The molecule has 0 atom stereocenters. The fourth-order valence-corrected chi connectivity index (χ4v) is 2.52. The van der Waals surface area contributed by atoms with E-state index in [0.717, 1.165) is 23.1 Å². The smallest absolute Gasteiger partial charge is 0.185 e. The third kappa shape index (κ3) is 4.46. The van der Waals surface area contributed by atoms with E-state index in [4.69, 9.17) is 0 Å². The first-order chi connectivity index (χ1) is 7.90. The van der Waals surface area contributed by atoms with Crippen molar-refractivity contribution in [1.29, 1.82) is 0 Å². The fourth-order valence-electron chi connectivity index (χ4n) is 1.69. The lowest BCUT2D eigenvalue weighted by molar-refractivity contribution is 0.102. The average molecular weight is 254 g/mol. The number of anilines is 1. The van der Waals surface area contributed by atoms with Crippen LogP contribution < -0.4 is 4.90 Å². The minimum Gasteiger partial charge on any atom is -0.348 e. The van der Waals surface area contributed by atoms with Crippen LogP contribution >= 0.6 is 11.3 Å². The highest BCUT2D eigenvalue weighted by molar-refractivity contribution is 7.17. The van der Waals surface area contributed by atoms with Gasteiger partial charge in [0.2, 0.25) is 0 Å². The van der Waals surface area contributed by atoms with Gasteiger partial charge in [-0.2, -0.15) is 0 Å². The zero-order chi connectivity index (χ0) is 13.0. The van der Waals surface area contributed by atoms with Crippen LogP contribution in [0, 0.1) is 11.8 Å². The number of ketones is 1. The maximum atomic E-state index is 11.3. The van der Waals surface area contributed by atoms with Gasteiger partial charge in [-0.1, -0.05) is 39.0 Å². The Bertz CT molecular complexity index is 361. The quantitative estimate of drug-likeness (QED) is 0.729. The number of rotatable bonds is 6. The van der Waals surface area contributed by atoms with E-state index in [9.17, 15) is 4.79 Å². The highest BCUT2D eigenvalue weighted by atomic mass is 32.1. The summed E-state index contributed by atoms with van der Waals surface area (Å²) >= 11 is 1.50. The van der Waals surface area contributed by atoms with E-state index in [1.165, 1.54) is 11.3 Å². The van der Waals surface area contributed by atoms with Gasteiger partial charge in [-0.05, 0) is 11.8 Å². The van der Waals surface area contributed by atoms with Crippen molar-refractivity contribution in [2.24, 2.45) is 11.8 Å². The number of aromatic nitrogens is 1. The summed E-state index contributed by atoms with van der Waals surface area (Å²) in [5.41, 5.74) is 0. The molecule has 3 nitrogen and oxygen atoms in total. The number of nitrogens with zero attached hydrogens (tertiary/aromatic N) is 2. The SMILES string of the molecule is CC(=O)c1cnc(N(CC(C)C)CC(C)C)s1. The fraction of sp³-hybridized carbons (Fsp3) is 0.692. The highest BCUT2D eigenvalue weighted by Crippen LogP contribution is 2.24. The number of thiazole rings is 1. The van der Waals surface area contributed by atoms with E-state index in [0.29, 0.717) is 11.8 Å². The van der Waals surface area contributed by atoms with Crippen LogP contribution in [0.5, 0.6) is 0 Å². The first-order valence-electron chi connectivity index (χ1n) is 6.11. The monoisotopic (exact) mass is 254 g/mol. The third-order valence-electron chi connectivity index (χ3n) is 2.28. The van der Waals surface area contributed by atoms with Gasteiger partial charge in [-0.25, -0.2) is 4.98 Å². The molecule has 17 heavy (non-hydrogen) atoms. The Morgan fingerprint density at radius 1 is 1.29 bits per heavy atom. The van der Waals surface area contributed by atoms with E-state index in [2.05, 4.69) is 37.6 Å². The summed E-state index contributed by atoms with van der Waals surface area (Å²) in [6.07, 6.45) is 1.69. The predicted octanol–water partition coefficient (Wildman–Crippen LogP) is 3.46. The molecule has 0 aliphatic rings. The molecule has 0 bridgehead atoms. The molecule has 4 heteroatoms. The third-order valence-corrected chi connectivity index (χ3v) is 3.44. The molecule has 0 unspecified atom stereocenters. The van der Waals surface area contributed by atoms with Crippen molar-refractivity contribution < 1.29 is 4.79 Å². The Morgan fingerprint density at radius 3 is 2.18 bits per heavy atom. The van der Waals surface area contributed by atoms with Crippen LogP contribution in [0.3, 0.4) is 0 Å². The van der Waals surface area contributed by atoms with Crippen LogP contribution in [-0.4, -0.2) is 23.9 Å². The molecule has 1 heterocycles. The van der Waals surface area contributed by atoms with Crippen LogP contribution in [0.1, 0.15) is 44.3 Å². The molecular weight excluding hydrogens is 232 g/mol. The minimum absolute atomic E-state index is 0.0998. The normalized spacial score (nSPS) is 11.2. The maximum Gasteiger partial charge on any atom is 0.185 e. The predicted molar refractivity (Wildman–Crippen MR) is 74.0 cm³/mol. The van der Waals surface area contributed by atoms with Gasteiger partial charge >= 0.3 is 0 Å². The van der Waals surface area contributed by atoms with Crippen LogP contribution in [0.4, 0.5) is 5.13 Å². The zero-order valence-corrected chi connectivity index (χ0v) is 12.2. The molecule has 0 saturated carbocycles. The van der Waals surface area contributed by atoms with Crippen molar-refractivity contribution in [3.63, 3.8) is 0 Å². The van der Waals surface area contributed by atoms with Crippen molar-refractivity contribution in [3.8, 4) is 0 Å². The molecule has 96 valence electrons. The number of Topliss-reactive ketones (excluding diaryl/α,β-unsaturated/α-hetero) is 1. The first-order valence-corrected chi connectivity index (χ1v) is 6.93. The van der Waals surface area contributed by atoms with Gasteiger partial charge in [-0.15, -0.1) is 0 Å². The lowest BCUT2D eigenvalue weighted by Gasteiger charge is -2.25. The molecule has 0 aliphatic heterocycles. The molecule has 0 amide bonds. The van der Waals surface area contributed by atoms with Crippen LogP contribution in [-0.2, 0) is 0 Å². The zero-order valence-electron chi connectivity index (χ0n) is 11.4. The molecule has 0 N–H and O–H groups in total. The van der Waals surface area contributed by atoms with Gasteiger partial charge in [0.1, 0.15) is 0 Å². The van der Waals surface area contributed by atoms with E-state index in [-0.39, 0.29) is 5.78 Å². The summed E-state index contributed by atoms with van der Waals surface area (Å²) in [5.74, 6) is 1.29. The molecule has 1 aromatic heterocycles. The maximum absolute atomic E-state index is 11.3. The van der Waals surface area contributed by atoms with Gasteiger partial charge in [0, 0.05) is 20.0 Å². The minimum atomic E-state index is 0.0998. The molecule has 0 aromatic carbocycles. The Hall–Kier alpha value is -0.900. The van der Waals surface area contributed by atoms with Crippen molar-refractivity contribution in [2.45, 2.75) is 34.6 Å². The van der Waals surface area contributed by atoms with Crippen LogP contribution in [0.15, 0.2) is 6.20 Å². The Morgan fingerprint density at radius 2 is 1.82 bits per heavy atom. The molecule has 0 aliphatic carbocycles. The lowest BCUT2D eigenvalue weighted by atomic mass is 10.1. The summed E-state index contributed by atoms with van der Waals surface area (Å²) in [6, 6.07) is 0. The number of hydrogen-bond acceptors (Lipinski definition) is 4. The summed E-state index contributed by atoms with van der Waals surface area (Å²) in [4.78, 5) is 18.7. The van der Waals surface area contributed by atoms with Crippen molar-refractivity contribution in [3.05, 3.63) is 11.1 Å². The largest absolute Gasteiger partial charge is 0.348 e. The Balaban J connectivity index is 2.83. The molecule has 0 radical (unpaired) electrons. The summed E-state index contributed by atoms with van der Waals surface area (Å²) in [7, 11) is 0. The molecule has 0 fully saturated rings. The van der Waals surface area contributed by atoms with Crippen LogP contribution in [0.25, 0.3) is 0 Å². The number of carbonyl (C=O) groups is 1. The molecule has 0 spiro atoms. The molecule has 1 aromatic rings. The van der Waals surface area contributed by atoms with Gasteiger partial charge in [0.05, 0.1) is 11.1 Å².